The van der Waals surface area contributed by atoms with Crippen molar-refractivity contribution in [3.05, 3.63) is 71.4 Å². The van der Waals surface area contributed by atoms with Crippen molar-refractivity contribution in [1.82, 2.24) is 20.1 Å². The van der Waals surface area contributed by atoms with Gasteiger partial charge < -0.3 is 24.8 Å². The molecule has 0 bridgehead atoms. The van der Waals surface area contributed by atoms with Crippen molar-refractivity contribution in [2.75, 3.05) is 26.2 Å². The van der Waals surface area contributed by atoms with Gasteiger partial charge in [0.2, 0.25) is 11.8 Å². The van der Waals surface area contributed by atoms with Gasteiger partial charge in [-0.2, -0.15) is 0 Å². The number of fused-ring (bicyclic) bond motifs is 3. The predicted octanol–water partition coefficient (Wildman–Crippen LogP) is 5.83. The molecular weight excluding hydrogens is 540 g/mol. The first-order valence-corrected chi connectivity index (χ1v) is 15.8. The molecule has 0 radical (unpaired) electrons. The van der Waals surface area contributed by atoms with E-state index in [1.54, 1.807) is 0 Å². The average molecular weight is 585 g/mol. The number of hydrogen-bond donors (Lipinski definition) is 2. The highest BCUT2D eigenvalue weighted by Crippen LogP contribution is 2.52. The van der Waals surface area contributed by atoms with Gasteiger partial charge >= 0.3 is 6.09 Å². The second kappa shape index (κ2) is 11.4. The highest BCUT2D eigenvalue weighted by molar-refractivity contribution is 5.90. The van der Waals surface area contributed by atoms with E-state index in [1.165, 1.54) is 5.56 Å². The van der Waals surface area contributed by atoms with E-state index >= 15 is 0 Å². The topological polar surface area (TPSA) is 94.7 Å². The minimum absolute atomic E-state index is 0.102. The molecule has 3 aliphatic rings. The highest BCUT2D eigenvalue weighted by Gasteiger charge is 2.49. The van der Waals surface area contributed by atoms with E-state index in [2.05, 4.69) is 28.5 Å². The van der Waals surface area contributed by atoms with Crippen molar-refractivity contribution in [2.45, 2.75) is 88.7 Å². The minimum Gasteiger partial charge on any atom is -0.444 e. The van der Waals surface area contributed by atoms with Crippen molar-refractivity contribution in [1.29, 1.82) is 0 Å². The number of aromatic nitrogens is 1. The molecule has 228 valence electrons. The molecule has 8 nitrogen and oxygen atoms in total. The van der Waals surface area contributed by atoms with Crippen LogP contribution in [0.5, 0.6) is 0 Å². The molecule has 8 heteroatoms. The Labute approximate surface area is 254 Å². The Morgan fingerprint density at radius 2 is 1.63 bits per heavy atom. The van der Waals surface area contributed by atoms with Crippen LogP contribution in [-0.2, 0) is 19.7 Å². The van der Waals surface area contributed by atoms with Crippen LogP contribution < -0.4 is 5.32 Å². The third-order valence-corrected chi connectivity index (χ3v) is 9.80. The molecule has 3 heterocycles. The highest BCUT2D eigenvalue weighted by atomic mass is 16.6. The molecular formula is C35H44N4O4. The van der Waals surface area contributed by atoms with E-state index in [4.69, 9.17) is 4.74 Å². The zero-order valence-electron chi connectivity index (χ0n) is 25.8. The van der Waals surface area contributed by atoms with Crippen LogP contribution in [0.3, 0.4) is 0 Å². The van der Waals surface area contributed by atoms with E-state index in [1.807, 2.05) is 74.0 Å². The molecule has 0 saturated carbocycles. The molecule has 3 atom stereocenters. The van der Waals surface area contributed by atoms with E-state index in [-0.39, 0.29) is 29.1 Å². The predicted molar refractivity (Wildman–Crippen MR) is 167 cm³/mol. The summed E-state index contributed by atoms with van der Waals surface area (Å²) in [4.78, 5) is 48.1. The lowest BCUT2D eigenvalue weighted by Gasteiger charge is -2.42. The van der Waals surface area contributed by atoms with Crippen molar-refractivity contribution < 1.29 is 19.1 Å². The van der Waals surface area contributed by atoms with E-state index in [9.17, 15) is 14.4 Å². The summed E-state index contributed by atoms with van der Waals surface area (Å²) in [6.45, 7) is 10.3. The number of hydrogen-bond acceptors (Lipinski definition) is 4. The van der Waals surface area contributed by atoms with Gasteiger partial charge in [-0.15, -0.1) is 0 Å². The first-order valence-electron chi connectivity index (χ1n) is 15.8. The number of amides is 3. The van der Waals surface area contributed by atoms with Gasteiger partial charge in [0.1, 0.15) is 11.6 Å². The van der Waals surface area contributed by atoms with Crippen LogP contribution in [0.4, 0.5) is 4.79 Å². The van der Waals surface area contributed by atoms with Crippen molar-refractivity contribution in [3.8, 4) is 0 Å². The van der Waals surface area contributed by atoms with Crippen molar-refractivity contribution >= 4 is 28.8 Å². The van der Waals surface area contributed by atoms with Gasteiger partial charge in [-0.1, -0.05) is 49.4 Å². The summed E-state index contributed by atoms with van der Waals surface area (Å²) in [5.74, 6) is -0.245. The number of para-hydroxylation sites is 1. The fraction of sp³-hybridized carbons (Fsp3) is 0.514. The maximum atomic E-state index is 14.3. The first kappa shape index (κ1) is 29.3. The second-order valence-electron chi connectivity index (χ2n) is 13.7. The summed E-state index contributed by atoms with van der Waals surface area (Å²) in [7, 11) is 0. The number of rotatable bonds is 5. The van der Waals surface area contributed by atoms with Gasteiger partial charge in [0.15, 0.2) is 0 Å². The van der Waals surface area contributed by atoms with Gasteiger partial charge in [-0.3, -0.25) is 9.59 Å². The second-order valence-corrected chi connectivity index (χ2v) is 13.7. The Kier molecular flexibility index (Phi) is 7.73. The standard InChI is InChI=1S/C35H44N4O4/c1-23(27-22-36-29-14-8-6-12-25(27)29)30(37-33(42)43-34(2,3)4)32(41)39-19-15-35(16-20-39)21-26(24-11-5-7-13-28(24)35)31(40)38-17-9-10-18-38/h5-8,11-14,22-23,26,30,36H,9-10,15-21H2,1-4H3,(H,37,42)/t23-,26-,30?/m1/s1. The number of likely N-dealkylation sites (tertiary alicyclic amines) is 2. The largest absolute Gasteiger partial charge is 0.444 e. The lowest BCUT2D eigenvalue weighted by molar-refractivity contribution is -0.136. The number of nitrogens with zero attached hydrogens (tertiary/aromatic N) is 2. The molecule has 2 N–H and O–H groups in total. The smallest absolute Gasteiger partial charge is 0.408 e. The first-order chi connectivity index (χ1) is 20.6. The number of piperidine rings is 1. The minimum atomic E-state index is -0.788. The lowest BCUT2D eigenvalue weighted by atomic mass is 9.73. The van der Waals surface area contributed by atoms with Crippen molar-refractivity contribution in [2.24, 2.45) is 0 Å². The summed E-state index contributed by atoms with van der Waals surface area (Å²) in [6, 6.07) is 15.6. The van der Waals surface area contributed by atoms with Crippen LogP contribution in [0.15, 0.2) is 54.7 Å². The Hall–Kier alpha value is -3.81. The molecule has 6 rings (SSSR count). The van der Waals surface area contributed by atoms with Crippen LogP contribution >= 0.6 is 0 Å². The Morgan fingerprint density at radius 3 is 2.35 bits per heavy atom. The maximum absolute atomic E-state index is 14.3. The third kappa shape index (κ3) is 5.64. The number of ether oxygens (including phenoxy) is 1. The van der Waals surface area contributed by atoms with Crippen LogP contribution in [0.2, 0.25) is 0 Å². The lowest BCUT2D eigenvalue weighted by Crippen LogP contribution is -2.55. The molecule has 3 aromatic rings. The normalized spacial score (nSPS) is 21.1. The Balaban J connectivity index is 1.22. The van der Waals surface area contributed by atoms with Crippen LogP contribution in [0, 0.1) is 0 Å². The number of nitrogens with one attached hydrogen (secondary N) is 2. The number of carbonyl (C=O) groups is 3. The van der Waals surface area contributed by atoms with Gasteiger partial charge in [0.25, 0.3) is 0 Å². The average Bonchev–Trinajstić information content (AvgIpc) is 3.74. The van der Waals surface area contributed by atoms with Crippen LogP contribution in [0.1, 0.15) is 88.3 Å². The quantitative estimate of drug-likeness (QED) is 0.394. The van der Waals surface area contributed by atoms with Gasteiger partial charge in [0, 0.05) is 54.6 Å². The molecule has 3 amide bonds. The Bertz CT molecular complexity index is 1510. The number of alkyl carbamates (subject to hydrolysis) is 1. The molecule has 2 fully saturated rings. The number of benzene rings is 2. The van der Waals surface area contributed by atoms with Crippen LogP contribution in [-0.4, -0.2) is 70.5 Å². The van der Waals surface area contributed by atoms with Gasteiger partial charge in [0.05, 0.1) is 5.92 Å². The molecule has 1 aromatic heterocycles. The summed E-state index contributed by atoms with van der Waals surface area (Å²) < 4.78 is 5.59. The van der Waals surface area contributed by atoms with Gasteiger partial charge in [-0.05, 0) is 75.6 Å². The zero-order chi connectivity index (χ0) is 30.4. The third-order valence-electron chi connectivity index (χ3n) is 9.80. The number of H-pyrrole nitrogens is 1. The molecule has 43 heavy (non-hydrogen) atoms. The van der Waals surface area contributed by atoms with Gasteiger partial charge in [-0.25, -0.2) is 4.79 Å². The summed E-state index contributed by atoms with van der Waals surface area (Å²) in [5, 5.41) is 3.97. The maximum Gasteiger partial charge on any atom is 0.408 e. The molecule has 2 aromatic carbocycles. The number of aromatic amines is 1. The monoisotopic (exact) mass is 584 g/mol. The van der Waals surface area contributed by atoms with E-state index < -0.39 is 17.7 Å². The molecule has 2 aliphatic heterocycles. The number of carbonyl (C=O) groups excluding carboxylic acids is 3. The summed E-state index contributed by atoms with van der Waals surface area (Å²) in [6.07, 6.45) is 5.88. The zero-order valence-corrected chi connectivity index (χ0v) is 25.8. The molecule has 1 aliphatic carbocycles. The van der Waals surface area contributed by atoms with Crippen molar-refractivity contribution in [3.63, 3.8) is 0 Å². The molecule has 1 spiro atoms. The Morgan fingerprint density at radius 1 is 0.953 bits per heavy atom. The van der Waals surface area contributed by atoms with E-state index in [0.717, 1.165) is 67.2 Å². The molecule has 1 unspecified atom stereocenters. The fourth-order valence-electron chi connectivity index (χ4n) is 7.58. The van der Waals surface area contributed by atoms with E-state index in [0.29, 0.717) is 13.1 Å². The fourth-order valence-corrected chi connectivity index (χ4v) is 7.58. The SMILES string of the molecule is C[C@H](c1c[nH]c2ccccc12)C(NC(=O)OC(C)(C)C)C(=O)N1CCC2(CC1)C[C@@H](C(=O)N1CCCC1)c1ccccc12. The molecule has 2 saturated heterocycles. The van der Waals surface area contributed by atoms with Crippen LogP contribution in [0.25, 0.3) is 10.9 Å². The summed E-state index contributed by atoms with van der Waals surface area (Å²) in [5.41, 5.74) is 3.60. The summed E-state index contributed by atoms with van der Waals surface area (Å²) >= 11 is 0.